The van der Waals surface area contributed by atoms with Gasteiger partial charge in [0.2, 0.25) is 0 Å². The zero-order valence-electron chi connectivity index (χ0n) is 10.4. The van der Waals surface area contributed by atoms with Crippen molar-refractivity contribution < 1.29 is 18.9 Å². The van der Waals surface area contributed by atoms with Crippen molar-refractivity contribution in [2.45, 2.75) is 0 Å². The van der Waals surface area contributed by atoms with Crippen molar-refractivity contribution >= 4 is 6.08 Å². The van der Waals surface area contributed by atoms with Gasteiger partial charge < -0.3 is 18.9 Å². The first-order chi connectivity index (χ1) is 8.81. The third-order valence-electron chi connectivity index (χ3n) is 1.98. The predicted octanol–water partition coefficient (Wildman–Crippen LogP) is 2.19. The lowest BCUT2D eigenvalue weighted by molar-refractivity contribution is 0.0322. The van der Waals surface area contributed by atoms with E-state index in [9.17, 15) is 0 Å². The lowest BCUT2D eigenvalue weighted by Gasteiger charge is -2.12. The molecule has 0 N–H and O–H groups in total. The fourth-order valence-electron chi connectivity index (χ4n) is 1.24. The van der Waals surface area contributed by atoms with E-state index in [1.54, 1.807) is 25.3 Å². The van der Waals surface area contributed by atoms with Crippen molar-refractivity contribution in [2.24, 2.45) is 0 Å². The molecule has 96 valence electrons. The summed E-state index contributed by atoms with van der Waals surface area (Å²) in [5.74, 6) is 1.09. The molecule has 5 heteroatoms. The average Bonchev–Trinajstić information content (AvgIpc) is 2.41. The zero-order valence-corrected chi connectivity index (χ0v) is 10.4. The highest BCUT2D eigenvalue weighted by Gasteiger charge is 2.05. The minimum absolute atomic E-state index is 0.120. The molecule has 0 aromatic heterocycles. The lowest BCUT2D eigenvalue weighted by Crippen LogP contribution is -2.04. The Morgan fingerprint density at radius 1 is 1.11 bits per heavy atom. The molecule has 0 heterocycles. The molecule has 0 aliphatic heterocycles. The molecule has 0 bridgehead atoms. The van der Waals surface area contributed by atoms with E-state index in [-0.39, 0.29) is 13.6 Å². The monoisotopic (exact) mass is 249 g/mol. The third kappa shape index (κ3) is 4.45. The maximum absolute atomic E-state index is 8.48. The summed E-state index contributed by atoms with van der Waals surface area (Å²) in [6.45, 7) is 0.255. The van der Waals surface area contributed by atoms with Crippen molar-refractivity contribution in [1.29, 1.82) is 5.26 Å². The summed E-state index contributed by atoms with van der Waals surface area (Å²) in [6.07, 6.45) is 3.07. The minimum Gasteiger partial charge on any atom is -0.464 e. The lowest BCUT2D eigenvalue weighted by atomic mass is 10.2. The molecule has 0 spiro atoms. The van der Waals surface area contributed by atoms with E-state index in [1.807, 2.05) is 12.1 Å². The van der Waals surface area contributed by atoms with E-state index in [1.165, 1.54) is 13.2 Å². The Labute approximate surface area is 106 Å². The van der Waals surface area contributed by atoms with Crippen LogP contribution in [0.15, 0.2) is 24.3 Å². The molecule has 0 fully saturated rings. The largest absolute Gasteiger partial charge is 0.464 e. The number of methoxy groups -OCH3 is 2. The van der Waals surface area contributed by atoms with Gasteiger partial charge in [-0.3, -0.25) is 0 Å². The van der Waals surface area contributed by atoms with Crippen LogP contribution in [-0.4, -0.2) is 27.8 Å². The molecule has 0 saturated heterocycles. The summed E-state index contributed by atoms with van der Waals surface area (Å²) >= 11 is 0. The van der Waals surface area contributed by atoms with Crippen LogP contribution >= 0.6 is 0 Å². The Bertz CT molecular complexity index is 437. The first kappa shape index (κ1) is 14.0. The molecule has 0 unspecified atom stereocenters. The minimum atomic E-state index is 0.120. The second-order valence-corrected chi connectivity index (χ2v) is 3.27. The highest BCUT2D eigenvalue weighted by molar-refractivity contribution is 5.57. The fourth-order valence-corrected chi connectivity index (χ4v) is 1.24. The van der Waals surface area contributed by atoms with Gasteiger partial charge in [-0.25, -0.2) is 0 Å². The SMILES string of the molecule is COCOc1ccc(/C=C/C#N)cc1OCOC. The number of hydrogen-bond acceptors (Lipinski definition) is 5. The van der Waals surface area contributed by atoms with Crippen LogP contribution in [0.25, 0.3) is 6.08 Å². The molecule has 0 radical (unpaired) electrons. The number of hydrogen-bond donors (Lipinski definition) is 0. The van der Waals surface area contributed by atoms with Crippen LogP contribution in [0.2, 0.25) is 0 Å². The van der Waals surface area contributed by atoms with Crippen LogP contribution in [0.3, 0.4) is 0 Å². The van der Waals surface area contributed by atoms with Crippen LogP contribution in [-0.2, 0) is 9.47 Å². The van der Waals surface area contributed by atoms with E-state index in [4.69, 9.17) is 24.2 Å². The quantitative estimate of drug-likeness (QED) is 0.547. The maximum Gasteiger partial charge on any atom is 0.188 e. The van der Waals surface area contributed by atoms with Crippen molar-refractivity contribution in [3.05, 3.63) is 29.8 Å². The normalized spacial score (nSPS) is 10.3. The Morgan fingerprint density at radius 3 is 2.39 bits per heavy atom. The van der Waals surface area contributed by atoms with Crippen molar-refractivity contribution in [2.75, 3.05) is 27.8 Å². The zero-order chi connectivity index (χ0) is 13.2. The third-order valence-corrected chi connectivity index (χ3v) is 1.98. The number of allylic oxidation sites excluding steroid dienone is 1. The van der Waals surface area contributed by atoms with Gasteiger partial charge in [0.1, 0.15) is 0 Å². The van der Waals surface area contributed by atoms with E-state index in [2.05, 4.69) is 0 Å². The second kappa shape index (κ2) is 8.12. The molecule has 0 atom stereocenters. The number of nitrogens with zero attached hydrogens (tertiary/aromatic N) is 1. The molecule has 0 aliphatic carbocycles. The molecule has 1 rings (SSSR count). The number of benzene rings is 1. The van der Waals surface area contributed by atoms with Gasteiger partial charge in [-0.05, 0) is 23.8 Å². The summed E-state index contributed by atoms with van der Waals surface area (Å²) in [5.41, 5.74) is 0.840. The van der Waals surface area contributed by atoms with E-state index in [0.29, 0.717) is 11.5 Å². The summed E-state index contributed by atoms with van der Waals surface area (Å²) in [4.78, 5) is 0. The summed E-state index contributed by atoms with van der Waals surface area (Å²) in [6, 6.07) is 7.26. The van der Waals surface area contributed by atoms with Gasteiger partial charge >= 0.3 is 0 Å². The summed E-state index contributed by atoms with van der Waals surface area (Å²) in [5, 5.41) is 8.48. The van der Waals surface area contributed by atoms with Gasteiger partial charge in [-0.15, -0.1) is 0 Å². The van der Waals surface area contributed by atoms with Crippen molar-refractivity contribution in [3.63, 3.8) is 0 Å². The smallest absolute Gasteiger partial charge is 0.188 e. The fraction of sp³-hybridized carbons (Fsp3) is 0.308. The van der Waals surface area contributed by atoms with Gasteiger partial charge in [0.25, 0.3) is 0 Å². The first-order valence-electron chi connectivity index (χ1n) is 5.25. The van der Waals surface area contributed by atoms with Gasteiger partial charge in [0.15, 0.2) is 25.1 Å². The molecule has 0 amide bonds. The number of nitriles is 1. The standard InChI is InChI=1S/C13H15NO4/c1-15-9-17-12-6-5-11(4-3-7-14)8-13(12)18-10-16-2/h3-6,8H,9-10H2,1-2H3/b4-3+. The van der Waals surface area contributed by atoms with Gasteiger partial charge in [0, 0.05) is 20.3 Å². The first-order valence-corrected chi connectivity index (χ1v) is 5.25. The highest BCUT2D eigenvalue weighted by Crippen LogP contribution is 2.29. The van der Waals surface area contributed by atoms with Crippen LogP contribution in [0, 0.1) is 11.3 Å². The molecular weight excluding hydrogens is 234 g/mol. The Hall–Kier alpha value is -2.03. The number of ether oxygens (including phenoxy) is 4. The maximum atomic E-state index is 8.48. The molecule has 0 aliphatic rings. The van der Waals surface area contributed by atoms with Crippen molar-refractivity contribution in [3.8, 4) is 17.6 Å². The Balaban J connectivity index is 2.89. The summed E-state index contributed by atoms with van der Waals surface area (Å²) < 4.78 is 20.4. The molecule has 1 aromatic carbocycles. The average molecular weight is 249 g/mol. The van der Waals surface area contributed by atoms with Gasteiger partial charge in [-0.1, -0.05) is 6.07 Å². The molecule has 1 aromatic rings. The van der Waals surface area contributed by atoms with Crippen LogP contribution < -0.4 is 9.47 Å². The molecular formula is C13H15NO4. The second-order valence-electron chi connectivity index (χ2n) is 3.27. The summed E-state index contributed by atoms with van der Waals surface area (Å²) in [7, 11) is 3.08. The molecule has 5 nitrogen and oxygen atoms in total. The van der Waals surface area contributed by atoms with Crippen molar-refractivity contribution in [1.82, 2.24) is 0 Å². The molecule has 18 heavy (non-hydrogen) atoms. The van der Waals surface area contributed by atoms with Crippen LogP contribution in [0.1, 0.15) is 5.56 Å². The number of rotatable bonds is 7. The van der Waals surface area contributed by atoms with E-state index < -0.39 is 0 Å². The van der Waals surface area contributed by atoms with E-state index >= 15 is 0 Å². The highest BCUT2D eigenvalue weighted by atomic mass is 16.7. The molecule has 0 saturated carbocycles. The topological polar surface area (TPSA) is 60.7 Å². The predicted molar refractivity (Wildman–Crippen MR) is 66.1 cm³/mol. The van der Waals surface area contributed by atoms with Gasteiger partial charge in [-0.2, -0.15) is 5.26 Å². The Morgan fingerprint density at radius 2 is 1.78 bits per heavy atom. The van der Waals surface area contributed by atoms with Gasteiger partial charge in [0.05, 0.1) is 6.07 Å². The van der Waals surface area contributed by atoms with Crippen LogP contribution in [0.5, 0.6) is 11.5 Å². The Kier molecular flexibility index (Phi) is 6.33. The van der Waals surface area contributed by atoms with E-state index in [0.717, 1.165) is 5.56 Å². The van der Waals surface area contributed by atoms with Crippen LogP contribution in [0.4, 0.5) is 0 Å².